The highest BCUT2D eigenvalue weighted by atomic mass is 32.2. The molecule has 300 valence electrons. The molecule has 0 aliphatic rings. The van der Waals surface area contributed by atoms with Gasteiger partial charge in [-0.1, -0.05) is 78.9 Å². The molecule has 0 spiro atoms. The molecule has 0 amide bonds. The number of benzene rings is 6. The molecule has 58 heavy (non-hydrogen) atoms. The Hall–Kier alpha value is -6.31. The van der Waals surface area contributed by atoms with Crippen LogP contribution in [0.2, 0.25) is 0 Å². The third-order valence-corrected chi connectivity index (χ3v) is 11.9. The summed E-state index contributed by atoms with van der Waals surface area (Å²) < 4.78 is 69.2. The number of carboxylic acids is 2. The van der Waals surface area contributed by atoms with Crippen molar-refractivity contribution in [1.29, 1.82) is 0 Å². The van der Waals surface area contributed by atoms with E-state index in [-0.39, 0.29) is 20.9 Å². The SMILES string of the molecule is Cc1cccc(S(=O)(=O)Nc2ccccc2CCCc2ccc(C(=O)O)cc2)c1.O=C(O)c1ccc(CCCc2ccccc2NS(=O)(=O)c2cccc(F)c2)cc1. The van der Waals surface area contributed by atoms with Gasteiger partial charge in [-0.05, 0) is 140 Å². The number of rotatable bonds is 16. The Labute approximate surface area is 338 Å². The molecule has 0 aromatic heterocycles. The van der Waals surface area contributed by atoms with Gasteiger partial charge in [0.1, 0.15) is 5.82 Å². The first kappa shape index (κ1) is 42.8. The summed E-state index contributed by atoms with van der Waals surface area (Å²) in [6.07, 6.45) is 4.40. The van der Waals surface area contributed by atoms with Crippen LogP contribution in [0.3, 0.4) is 0 Å². The van der Waals surface area contributed by atoms with Crippen molar-refractivity contribution in [1.82, 2.24) is 0 Å². The minimum atomic E-state index is -3.89. The minimum Gasteiger partial charge on any atom is -0.478 e. The van der Waals surface area contributed by atoms with Crippen LogP contribution in [0.15, 0.2) is 155 Å². The van der Waals surface area contributed by atoms with Crippen molar-refractivity contribution in [2.75, 3.05) is 9.44 Å². The number of nitrogens with one attached hydrogen (secondary N) is 2. The number of hydrogen-bond acceptors (Lipinski definition) is 6. The molecule has 0 unspecified atom stereocenters. The van der Waals surface area contributed by atoms with E-state index < -0.39 is 37.8 Å². The fraction of sp³-hybridized carbons (Fsp3) is 0.156. The number of carboxylic acid groups (broad SMARTS) is 2. The molecular weight excluding hydrogens is 780 g/mol. The molecule has 6 rings (SSSR count). The highest BCUT2D eigenvalue weighted by Gasteiger charge is 2.18. The van der Waals surface area contributed by atoms with Gasteiger partial charge in [0.25, 0.3) is 20.0 Å². The second-order valence-corrected chi connectivity index (χ2v) is 16.9. The minimum absolute atomic E-state index is 0.133. The Morgan fingerprint density at radius 1 is 0.517 bits per heavy atom. The van der Waals surface area contributed by atoms with Crippen LogP contribution in [0.4, 0.5) is 15.8 Å². The summed E-state index contributed by atoms with van der Waals surface area (Å²) in [6, 6.07) is 39.7. The molecule has 6 aromatic rings. The lowest BCUT2D eigenvalue weighted by Crippen LogP contribution is -2.14. The van der Waals surface area contributed by atoms with Gasteiger partial charge in [0, 0.05) is 0 Å². The van der Waals surface area contributed by atoms with Crippen molar-refractivity contribution in [2.24, 2.45) is 0 Å². The molecule has 0 atom stereocenters. The number of aryl methyl sites for hydroxylation is 5. The first-order chi connectivity index (χ1) is 27.7. The predicted molar refractivity (Wildman–Crippen MR) is 223 cm³/mol. The summed E-state index contributed by atoms with van der Waals surface area (Å²) in [5.74, 6) is -2.52. The van der Waals surface area contributed by atoms with Gasteiger partial charge >= 0.3 is 11.9 Å². The quantitative estimate of drug-likeness (QED) is 0.0750. The van der Waals surface area contributed by atoms with E-state index in [1.165, 1.54) is 18.2 Å². The summed E-state index contributed by atoms with van der Waals surface area (Å²) in [4.78, 5) is 21.9. The largest absolute Gasteiger partial charge is 0.478 e. The van der Waals surface area contributed by atoms with Crippen LogP contribution < -0.4 is 9.44 Å². The molecule has 10 nitrogen and oxygen atoms in total. The average molecular weight is 823 g/mol. The van der Waals surface area contributed by atoms with Gasteiger partial charge in [-0.2, -0.15) is 0 Å². The topological polar surface area (TPSA) is 167 Å². The smallest absolute Gasteiger partial charge is 0.335 e. The van der Waals surface area contributed by atoms with Crippen LogP contribution in [0, 0.1) is 12.7 Å². The van der Waals surface area contributed by atoms with Gasteiger partial charge in [0.15, 0.2) is 0 Å². The fourth-order valence-electron chi connectivity index (χ4n) is 6.09. The lowest BCUT2D eigenvalue weighted by molar-refractivity contribution is 0.0686. The van der Waals surface area contributed by atoms with Gasteiger partial charge in [0.05, 0.1) is 32.3 Å². The number of hydrogen-bond donors (Lipinski definition) is 4. The van der Waals surface area contributed by atoms with E-state index in [0.29, 0.717) is 24.2 Å². The second-order valence-electron chi connectivity index (χ2n) is 13.5. The van der Waals surface area contributed by atoms with Crippen molar-refractivity contribution >= 4 is 43.4 Å². The van der Waals surface area contributed by atoms with E-state index in [1.807, 2.05) is 55.5 Å². The standard InChI is InChI=1S/C23H23NO4S.C22H20FNO4S/c1-17-6-4-10-21(16-17)29(27,28)24-22-11-3-2-8-19(22)9-5-7-18-12-14-20(15-13-18)23(25)26;23-19-8-4-9-20(15-19)29(27,28)24-21-10-2-1-6-17(21)7-3-5-16-11-13-18(14-12-16)22(25)26/h2-4,6,8,10-16,24H,5,7,9H2,1H3,(H,25,26);1-2,4,6,8-15,24H,3,5,7H2,(H,25,26). The van der Waals surface area contributed by atoms with Gasteiger partial charge < -0.3 is 10.2 Å². The molecule has 13 heteroatoms. The molecule has 0 fully saturated rings. The highest BCUT2D eigenvalue weighted by Crippen LogP contribution is 2.24. The van der Waals surface area contributed by atoms with E-state index in [4.69, 9.17) is 10.2 Å². The summed E-state index contributed by atoms with van der Waals surface area (Å²) in [6.45, 7) is 1.86. The summed E-state index contributed by atoms with van der Waals surface area (Å²) in [7, 11) is -7.55. The number of carbonyl (C=O) groups is 2. The first-order valence-corrected chi connectivity index (χ1v) is 21.3. The van der Waals surface area contributed by atoms with E-state index in [1.54, 1.807) is 72.8 Å². The van der Waals surface area contributed by atoms with Crippen LogP contribution >= 0.6 is 0 Å². The van der Waals surface area contributed by atoms with Gasteiger partial charge in [-0.25, -0.2) is 30.8 Å². The Kier molecular flexibility index (Phi) is 14.6. The van der Waals surface area contributed by atoms with Gasteiger partial charge in [-0.3, -0.25) is 9.44 Å². The van der Waals surface area contributed by atoms with Crippen LogP contribution in [-0.4, -0.2) is 39.0 Å². The summed E-state index contributed by atoms with van der Waals surface area (Å²) in [5, 5.41) is 17.9. The molecule has 0 saturated carbocycles. The maximum absolute atomic E-state index is 13.4. The van der Waals surface area contributed by atoms with Crippen LogP contribution in [0.1, 0.15) is 61.4 Å². The number of sulfonamides is 2. The van der Waals surface area contributed by atoms with E-state index >= 15 is 0 Å². The lowest BCUT2D eigenvalue weighted by Gasteiger charge is -2.13. The molecule has 0 aliphatic carbocycles. The number of anilines is 2. The predicted octanol–water partition coefficient (Wildman–Crippen LogP) is 9.17. The van der Waals surface area contributed by atoms with Gasteiger partial charge in [0.2, 0.25) is 0 Å². The Bertz CT molecular complexity index is 2400. The van der Waals surface area contributed by atoms with Crippen molar-refractivity contribution in [3.05, 3.63) is 190 Å². The van der Waals surface area contributed by atoms with E-state index in [2.05, 4.69) is 9.44 Å². The molecule has 0 radical (unpaired) electrons. The van der Waals surface area contributed by atoms with Crippen molar-refractivity contribution < 1.29 is 41.0 Å². The molecule has 0 aliphatic heterocycles. The first-order valence-electron chi connectivity index (χ1n) is 18.4. The maximum atomic E-state index is 13.4. The third kappa shape index (κ3) is 12.3. The zero-order valence-electron chi connectivity index (χ0n) is 31.6. The normalized spacial score (nSPS) is 11.2. The zero-order valence-corrected chi connectivity index (χ0v) is 33.3. The second kappa shape index (κ2) is 19.7. The lowest BCUT2D eigenvalue weighted by atomic mass is 10.0. The molecule has 4 N–H and O–H groups in total. The van der Waals surface area contributed by atoms with E-state index in [9.17, 15) is 30.8 Å². The zero-order chi connectivity index (χ0) is 41.7. The maximum Gasteiger partial charge on any atom is 0.335 e. The summed E-state index contributed by atoms with van der Waals surface area (Å²) in [5.41, 5.74) is 6.24. The molecule has 0 heterocycles. The van der Waals surface area contributed by atoms with Crippen LogP contribution in [-0.2, 0) is 45.7 Å². The van der Waals surface area contributed by atoms with Crippen molar-refractivity contribution in [3.8, 4) is 0 Å². The number of para-hydroxylation sites is 2. The Morgan fingerprint density at radius 2 is 0.931 bits per heavy atom. The molecule has 0 bridgehead atoms. The average Bonchev–Trinajstić information content (AvgIpc) is 3.20. The van der Waals surface area contributed by atoms with Crippen molar-refractivity contribution in [2.45, 2.75) is 55.2 Å². The Morgan fingerprint density at radius 3 is 1.34 bits per heavy atom. The number of aromatic carboxylic acids is 2. The van der Waals surface area contributed by atoms with E-state index in [0.717, 1.165) is 59.6 Å². The fourth-order valence-corrected chi connectivity index (χ4v) is 8.43. The summed E-state index contributed by atoms with van der Waals surface area (Å²) >= 11 is 0. The third-order valence-electron chi connectivity index (χ3n) is 9.15. The van der Waals surface area contributed by atoms with Gasteiger partial charge in [-0.15, -0.1) is 0 Å². The monoisotopic (exact) mass is 822 g/mol. The van der Waals surface area contributed by atoms with Crippen molar-refractivity contribution in [3.63, 3.8) is 0 Å². The molecule has 0 saturated heterocycles. The number of halogens is 1. The Balaban J connectivity index is 0.000000221. The molecule has 6 aromatic carbocycles. The van der Waals surface area contributed by atoms with Crippen LogP contribution in [0.5, 0.6) is 0 Å². The molecular formula is C45H43FN2O8S2. The van der Waals surface area contributed by atoms with Crippen LogP contribution in [0.25, 0.3) is 0 Å². The highest BCUT2D eigenvalue weighted by molar-refractivity contribution is 7.93.